The third-order valence-electron chi connectivity index (χ3n) is 6.32. The van der Waals surface area contributed by atoms with Gasteiger partial charge in [-0.1, -0.05) is 41.4 Å². The molecule has 2 aliphatic heterocycles. The van der Waals surface area contributed by atoms with Crippen molar-refractivity contribution in [3.8, 4) is 11.5 Å². The molecule has 3 aromatic carbocycles. The molecule has 0 saturated heterocycles. The molecule has 0 spiro atoms. The quantitative estimate of drug-likeness (QED) is 0.482. The van der Waals surface area contributed by atoms with Crippen LogP contribution in [-0.4, -0.2) is 28.6 Å². The molecular weight excluding hydrogens is 400 g/mol. The lowest BCUT2D eigenvalue weighted by molar-refractivity contribution is -0.536. The average Bonchev–Trinajstić information content (AvgIpc) is 2.77. The Morgan fingerprint density at radius 1 is 1.00 bits per heavy atom. The van der Waals surface area contributed by atoms with Gasteiger partial charge in [0, 0.05) is 23.2 Å². The van der Waals surface area contributed by atoms with Crippen LogP contribution in [0.15, 0.2) is 83.9 Å². The second-order valence-electron chi connectivity index (χ2n) is 8.35. The molecule has 0 fully saturated rings. The molecule has 0 bridgehead atoms. The van der Waals surface area contributed by atoms with Crippen LogP contribution in [-0.2, 0) is 10.3 Å². The van der Waals surface area contributed by atoms with Crippen molar-refractivity contribution >= 4 is 23.1 Å². The highest BCUT2D eigenvalue weighted by molar-refractivity contribution is 6.29. The lowest BCUT2D eigenvalue weighted by Gasteiger charge is -2.42. The summed E-state index contributed by atoms with van der Waals surface area (Å²) in [6.45, 7) is 2.77. The normalized spacial score (nSPS) is 21.9. The lowest BCUT2D eigenvalue weighted by Crippen LogP contribution is -2.63. The van der Waals surface area contributed by atoms with E-state index in [0.717, 1.165) is 40.4 Å². The standard InChI is InChI=1S/C26H24N4O2/c1-26(20-9-5-6-10-21(20)27)15-16-29-25-22(24(28)31)23(30(25)26)17-11-13-19(14-12-17)32-18-7-3-2-4-8-18/h2-14,22H,15-16,27H2,1H3,(H-,28,31)/p+1. The molecule has 2 atom stereocenters. The van der Waals surface area contributed by atoms with E-state index in [1.165, 1.54) is 0 Å². The topological polar surface area (TPSA) is 93.7 Å². The first kappa shape index (κ1) is 20.0. The molecule has 3 aromatic rings. The second kappa shape index (κ2) is 7.64. The third-order valence-corrected chi connectivity index (χ3v) is 6.32. The highest BCUT2D eigenvalue weighted by Gasteiger charge is 2.58. The fourth-order valence-electron chi connectivity index (χ4n) is 4.74. The molecule has 6 heteroatoms. The summed E-state index contributed by atoms with van der Waals surface area (Å²) in [4.78, 5) is 17.0. The minimum absolute atomic E-state index is 0.398. The largest absolute Gasteiger partial charge is 0.457 e. The zero-order chi connectivity index (χ0) is 22.3. The highest BCUT2D eigenvalue weighted by Crippen LogP contribution is 2.41. The predicted octanol–water partition coefficient (Wildman–Crippen LogP) is 3.70. The summed E-state index contributed by atoms with van der Waals surface area (Å²) in [5.74, 6) is 1.27. The van der Waals surface area contributed by atoms with Gasteiger partial charge in [-0.2, -0.15) is 0 Å². The Kier molecular flexibility index (Phi) is 4.78. The first-order chi connectivity index (χ1) is 15.5. The number of ether oxygens (including phenoxy) is 1. The van der Waals surface area contributed by atoms with E-state index in [-0.39, 0.29) is 0 Å². The number of nitrogens with two attached hydrogens (primary N) is 2. The number of anilines is 1. The van der Waals surface area contributed by atoms with E-state index in [4.69, 9.17) is 16.2 Å². The molecule has 6 nitrogen and oxygen atoms in total. The van der Waals surface area contributed by atoms with E-state index in [9.17, 15) is 4.79 Å². The van der Waals surface area contributed by atoms with Gasteiger partial charge >= 0.3 is 5.84 Å². The number of carbonyl (C=O) groups excluding carboxylic acids is 1. The summed E-state index contributed by atoms with van der Waals surface area (Å²) >= 11 is 0. The first-order valence-corrected chi connectivity index (χ1v) is 10.7. The monoisotopic (exact) mass is 425 g/mol. The van der Waals surface area contributed by atoms with Crippen LogP contribution in [0.1, 0.15) is 24.5 Å². The highest BCUT2D eigenvalue weighted by atomic mass is 16.5. The van der Waals surface area contributed by atoms with Crippen molar-refractivity contribution in [2.75, 3.05) is 12.3 Å². The number of para-hydroxylation sites is 2. The van der Waals surface area contributed by atoms with Gasteiger partial charge < -0.3 is 16.2 Å². The van der Waals surface area contributed by atoms with E-state index in [1.807, 2.05) is 78.9 Å². The molecule has 0 aliphatic carbocycles. The van der Waals surface area contributed by atoms with Gasteiger partial charge in [0.2, 0.25) is 11.8 Å². The molecule has 32 heavy (non-hydrogen) atoms. The second-order valence-corrected chi connectivity index (χ2v) is 8.35. The van der Waals surface area contributed by atoms with E-state index < -0.39 is 17.4 Å². The van der Waals surface area contributed by atoms with Crippen LogP contribution in [0.3, 0.4) is 0 Å². The number of aliphatic imine (C=N–C) groups is 1. The van der Waals surface area contributed by atoms with Gasteiger partial charge in [-0.3, -0.25) is 4.79 Å². The van der Waals surface area contributed by atoms with Crippen LogP contribution in [0.5, 0.6) is 11.5 Å². The molecule has 2 heterocycles. The van der Waals surface area contributed by atoms with Crippen LogP contribution in [0.2, 0.25) is 0 Å². The third kappa shape index (κ3) is 3.15. The van der Waals surface area contributed by atoms with E-state index >= 15 is 0 Å². The molecule has 0 aromatic heterocycles. The van der Waals surface area contributed by atoms with Gasteiger partial charge in [0.05, 0.1) is 0 Å². The van der Waals surface area contributed by atoms with Crippen molar-refractivity contribution in [2.45, 2.75) is 18.9 Å². The summed E-state index contributed by atoms with van der Waals surface area (Å²) in [7, 11) is 0. The number of rotatable bonds is 5. The van der Waals surface area contributed by atoms with Crippen LogP contribution >= 0.6 is 0 Å². The van der Waals surface area contributed by atoms with Gasteiger partial charge in [0.15, 0.2) is 0 Å². The molecule has 2 aliphatic rings. The van der Waals surface area contributed by atoms with Gasteiger partial charge in [-0.25, -0.2) is 4.58 Å². The Bertz CT molecular complexity index is 1250. The Morgan fingerprint density at radius 2 is 1.66 bits per heavy atom. The van der Waals surface area contributed by atoms with Gasteiger partial charge in [-0.05, 0) is 49.4 Å². The predicted molar refractivity (Wildman–Crippen MR) is 125 cm³/mol. The van der Waals surface area contributed by atoms with Gasteiger partial charge in [0.1, 0.15) is 29.3 Å². The molecular formula is C26H25N4O2+. The maximum absolute atomic E-state index is 12.4. The maximum atomic E-state index is 12.4. The fraction of sp³-hybridized carbons (Fsp3) is 0.192. The van der Waals surface area contributed by atoms with Crippen LogP contribution in [0, 0.1) is 5.92 Å². The maximum Gasteiger partial charge on any atom is 0.314 e. The van der Waals surface area contributed by atoms with Crippen molar-refractivity contribution in [1.29, 1.82) is 0 Å². The van der Waals surface area contributed by atoms with Crippen LogP contribution < -0.4 is 16.2 Å². The van der Waals surface area contributed by atoms with E-state index in [1.54, 1.807) is 0 Å². The van der Waals surface area contributed by atoms with Crippen molar-refractivity contribution in [1.82, 2.24) is 0 Å². The molecule has 0 radical (unpaired) electrons. The first-order valence-electron chi connectivity index (χ1n) is 10.7. The van der Waals surface area contributed by atoms with Crippen molar-refractivity contribution in [3.05, 3.63) is 90.0 Å². The molecule has 0 saturated carbocycles. The SMILES string of the molecule is CC1(c2ccccc2N)CCN=C2C(C(N)=O)C(c3ccc(Oc4ccccc4)cc3)=[N+]21. The number of benzene rings is 3. The molecule has 5 rings (SSSR count). The average molecular weight is 426 g/mol. The summed E-state index contributed by atoms with van der Waals surface area (Å²) in [6, 6.07) is 25.2. The molecule has 1 amide bonds. The minimum Gasteiger partial charge on any atom is -0.457 e. The lowest BCUT2D eigenvalue weighted by atomic mass is 9.77. The van der Waals surface area contributed by atoms with Crippen molar-refractivity contribution in [3.63, 3.8) is 0 Å². The van der Waals surface area contributed by atoms with Gasteiger partial charge in [0.25, 0.3) is 0 Å². The number of amidine groups is 1. The Hall–Kier alpha value is -3.93. The Labute approximate surface area is 186 Å². The number of hydrogen-bond donors (Lipinski definition) is 2. The van der Waals surface area contributed by atoms with E-state index in [0.29, 0.717) is 12.4 Å². The van der Waals surface area contributed by atoms with Crippen LogP contribution in [0.25, 0.3) is 0 Å². The fourth-order valence-corrected chi connectivity index (χ4v) is 4.74. The smallest absolute Gasteiger partial charge is 0.314 e. The zero-order valence-electron chi connectivity index (χ0n) is 17.9. The summed E-state index contributed by atoms with van der Waals surface area (Å²) < 4.78 is 8.06. The van der Waals surface area contributed by atoms with Crippen molar-refractivity contribution in [2.24, 2.45) is 16.6 Å². The Morgan fingerprint density at radius 3 is 2.34 bits per heavy atom. The number of fused-ring (bicyclic) bond motifs is 1. The summed E-state index contributed by atoms with van der Waals surface area (Å²) in [6.07, 6.45) is 0.787. The molecule has 2 unspecified atom stereocenters. The Balaban J connectivity index is 1.59. The van der Waals surface area contributed by atoms with Crippen LogP contribution in [0.4, 0.5) is 5.69 Å². The van der Waals surface area contributed by atoms with Crippen molar-refractivity contribution < 1.29 is 14.1 Å². The zero-order valence-corrected chi connectivity index (χ0v) is 17.9. The number of nitrogens with zero attached hydrogens (tertiary/aromatic N) is 2. The number of nitrogen functional groups attached to an aromatic ring is 1. The number of hydrogen-bond acceptors (Lipinski definition) is 4. The summed E-state index contributed by atoms with van der Waals surface area (Å²) in [5, 5.41) is 0. The minimum atomic E-state index is -0.541. The van der Waals surface area contributed by atoms with Gasteiger partial charge in [-0.15, -0.1) is 0 Å². The number of amides is 1. The summed E-state index contributed by atoms with van der Waals surface area (Å²) in [5.41, 5.74) is 15.3. The molecule has 4 N–H and O–H groups in total. The van der Waals surface area contributed by atoms with E-state index in [2.05, 4.69) is 16.5 Å². The number of primary amides is 1. The number of carbonyl (C=O) groups is 1. The molecule has 160 valence electrons.